The fourth-order valence-electron chi connectivity index (χ4n) is 1.96. The number of halogens is 2. The molecule has 0 saturated heterocycles. The summed E-state index contributed by atoms with van der Waals surface area (Å²) in [4.78, 5) is 0.0905. The zero-order valence-corrected chi connectivity index (χ0v) is 13.6. The van der Waals surface area contributed by atoms with Gasteiger partial charge < -0.3 is 5.32 Å². The number of rotatable bonds is 4. The molecule has 3 N–H and O–H groups in total. The second kappa shape index (κ2) is 6.13. The number of sulfonamides is 1. The van der Waals surface area contributed by atoms with Gasteiger partial charge in [-0.1, -0.05) is 12.1 Å². The van der Waals surface area contributed by atoms with E-state index < -0.39 is 10.0 Å². The molecule has 0 saturated carbocycles. The molecule has 2 aromatic carbocycles. The molecule has 4 nitrogen and oxygen atoms in total. The third-order valence-electron chi connectivity index (χ3n) is 3.06. The van der Waals surface area contributed by atoms with E-state index in [-0.39, 0.29) is 10.7 Å². The number of nitrogens with one attached hydrogen (secondary N) is 1. The van der Waals surface area contributed by atoms with Crippen molar-refractivity contribution in [1.82, 2.24) is 0 Å². The van der Waals surface area contributed by atoms with E-state index in [4.69, 9.17) is 5.14 Å². The Morgan fingerprint density at radius 1 is 1.29 bits per heavy atom. The topological polar surface area (TPSA) is 72.2 Å². The predicted molar refractivity (Wildman–Crippen MR) is 84.0 cm³/mol. The molecule has 0 radical (unpaired) electrons. The van der Waals surface area contributed by atoms with Crippen molar-refractivity contribution in [2.75, 3.05) is 5.32 Å². The molecule has 0 spiro atoms. The van der Waals surface area contributed by atoms with Crippen LogP contribution in [-0.4, -0.2) is 8.42 Å². The third-order valence-corrected chi connectivity index (χ3v) is 4.72. The SMILES string of the molecule is Cc1c(NCc2ccc(F)c(Br)c2)cccc1S(N)(=O)=O. The second-order valence-corrected chi connectivity index (χ2v) is 6.96. The van der Waals surface area contributed by atoms with Crippen molar-refractivity contribution in [3.63, 3.8) is 0 Å². The fraction of sp³-hybridized carbons (Fsp3) is 0.143. The highest BCUT2D eigenvalue weighted by Gasteiger charge is 2.13. The number of anilines is 1. The minimum atomic E-state index is -3.75. The minimum absolute atomic E-state index is 0.0905. The van der Waals surface area contributed by atoms with Gasteiger partial charge in [0, 0.05) is 12.2 Å². The van der Waals surface area contributed by atoms with Crippen LogP contribution in [0.2, 0.25) is 0 Å². The molecular weight excluding hydrogens is 359 g/mol. The molecule has 0 aliphatic carbocycles. The van der Waals surface area contributed by atoms with Gasteiger partial charge in [-0.05, 0) is 58.2 Å². The zero-order chi connectivity index (χ0) is 15.6. The summed E-state index contributed by atoms with van der Waals surface area (Å²) < 4.78 is 36.5. The smallest absolute Gasteiger partial charge is 0.238 e. The summed E-state index contributed by atoms with van der Waals surface area (Å²) in [6, 6.07) is 9.55. The highest BCUT2D eigenvalue weighted by atomic mass is 79.9. The van der Waals surface area contributed by atoms with Gasteiger partial charge in [-0.25, -0.2) is 17.9 Å². The molecule has 7 heteroatoms. The molecule has 2 aromatic rings. The molecule has 112 valence electrons. The van der Waals surface area contributed by atoms with E-state index in [1.807, 2.05) is 0 Å². The van der Waals surface area contributed by atoms with Crippen LogP contribution in [-0.2, 0) is 16.6 Å². The fourth-order valence-corrected chi connectivity index (χ4v) is 3.19. The van der Waals surface area contributed by atoms with Crippen LogP contribution in [0.4, 0.5) is 10.1 Å². The van der Waals surface area contributed by atoms with E-state index >= 15 is 0 Å². The normalized spacial score (nSPS) is 11.4. The maximum absolute atomic E-state index is 13.2. The molecule has 0 unspecified atom stereocenters. The van der Waals surface area contributed by atoms with Gasteiger partial charge in [0.05, 0.1) is 9.37 Å². The largest absolute Gasteiger partial charge is 0.381 e. The van der Waals surface area contributed by atoms with Crippen LogP contribution in [0.5, 0.6) is 0 Å². The van der Waals surface area contributed by atoms with Crippen molar-refractivity contribution in [2.45, 2.75) is 18.4 Å². The molecule has 0 atom stereocenters. The highest BCUT2D eigenvalue weighted by molar-refractivity contribution is 9.10. The van der Waals surface area contributed by atoms with Crippen LogP contribution in [0.15, 0.2) is 45.8 Å². The van der Waals surface area contributed by atoms with E-state index in [0.717, 1.165) is 5.56 Å². The lowest BCUT2D eigenvalue weighted by Crippen LogP contribution is -2.14. The van der Waals surface area contributed by atoms with Crippen LogP contribution in [0, 0.1) is 12.7 Å². The predicted octanol–water partition coefficient (Wildman–Crippen LogP) is 3.16. The zero-order valence-electron chi connectivity index (χ0n) is 11.2. The van der Waals surface area contributed by atoms with Gasteiger partial charge in [-0.3, -0.25) is 0 Å². The monoisotopic (exact) mass is 372 g/mol. The molecular formula is C14H14BrFN2O2S. The minimum Gasteiger partial charge on any atom is -0.381 e. The molecule has 0 aliphatic heterocycles. The first kappa shape index (κ1) is 15.9. The van der Waals surface area contributed by atoms with Crippen LogP contribution >= 0.6 is 15.9 Å². The second-order valence-electron chi connectivity index (χ2n) is 4.58. The summed E-state index contributed by atoms with van der Waals surface area (Å²) in [6.45, 7) is 2.12. The maximum Gasteiger partial charge on any atom is 0.238 e. The van der Waals surface area contributed by atoms with E-state index in [9.17, 15) is 12.8 Å². The van der Waals surface area contributed by atoms with Gasteiger partial charge in [0.25, 0.3) is 0 Å². The Balaban J connectivity index is 2.23. The molecule has 0 aromatic heterocycles. The number of primary sulfonamides is 1. The Hall–Kier alpha value is -1.44. The summed E-state index contributed by atoms with van der Waals surface area (Å²) in [5.74, 6) is -0.328. The third kappa shape index (κ3) is 3.81. The van der Waals surface area contributed by atoms with E-state index in [0.29, 0.717) is 22.3 Å². The Bertz CT molecular complexity index is 779. The van der Waals surface area contributed by atoms with E-state index in [1.165, 1.54) is 12.1 Å². The average Bonchev–Trinajstić information content (AvgIpc) is 2.40. The Kier molecular flexibility index (Phi) is 4.65. The Labute approximate surface area is 131 Å². The summed E-state index contributed by atoms with van der Waals surface area (Å²) in [6.07, 6.45) is 0. The van der Waals surface area contributed by atoms with Crippen molar-refractivity contribution >= 4 is 31.6 Å². The average molecular weight is 373 g/mol. The van der Waals surface area contributed by atoms with Gasteiger partial charge in [0.15, 0.2) is 0 Å². The van der Waals surface area contributed by atoms with Crippen molar-refractivity contribution < 1.29 is 12.8 Å². The van der Waals surface area contributed by atoms with Crippen molar-refractivity contribution in [1.29, 1.82) is 0 Å². The highest BCUT2D eigenvalue weighted by Crippen LogP contribution is 2.23. The number of hydrogen-bond donors (Lipinski definition) is 2. The molecule has 0 aliphatic rings. The molecule has 0 amide bonds. The van der Waals surface area contributed by atoms with Crippen LogP contribution in [0.3, 0.4) is 0 Å². The molecule has 0 bridgehead atoms. The first-order valence-electron chi connectivity index (χ1n) is 6.09. The molecule has 21 heavy (non-hydrogen) atoms. The maximum atomic E-state index is 13.2. The van der Waals surface area contributed by atoms with Gasteiger partial charge in [0.2, 0.25) is 10.0 Å². The summed E-state index contributed by atoms with van der Waals surface area (Å²) in [7, 11) is -3.75. The van der Waals surface area contributed by atoms with Gasteiger partial charge in [-0.15, -0.1) is 0 Å². The van der Waals surface area contributed by atoms with E-state index in [1.54, 1.807) is 31.2 Å². The molecule has 0 heterocycles. The van der Waals surface area contributed by atoms with Gasteiger partial charge in [-0.2, -0.15) is 0 Å². The number of nitrogens with two attached hydrogens (primary N) is 1. The lowest BCUT2D eigenvalue weighted by Gasteiger charge is -2.12. The van der Waals surface area contributed by atoms with Crippen LogP contribution in [0.1, 0.15) is 11.1 Å². The quantitative estimate of drug-likeness (QED) is 0.865. The van der Waals surface area contributed by atoms with Gasteiger partial charge >= 0.3 is 0 Å². The lowest BCUT2D eigenvalue weighted by molar-refractivity contribution is 0.597. The Morgan fingerprint density at radius 3 is 2.62 bits per heavy atom. The van der Waals surface area contributed by atoms with Crippen molar-refractivity contribution in [2.24, 2.45) is 5.14 Å². The van der Waals surface area contributed by atoms with Crippen molar-refractivity contribution in [3.05, 3.63) is 57.8 Å². The lowest BCUT2D eigenvalue weighted by atomic mass is 10.1. The van der Waals surface area contributed by atoms with Crippen molar-refractivity contribution in [3.8, 4) is 0 Å². The Morgan fingerprint density at radius 2 is 2.00 bits per heavy atom. The van der Waals surface area contributed by atoms with Crippen LogP contribution in [0.25, 0.3) is 0 Å². The summed E-state index contributed by atoms with van der Waals surface area (Å²) in [5, 5.41) is 8.29. The van der Waals surface area contributed by atoms with E-state index in [2.05, 4.69) is 21.2 Å². The summed E-state index contributed by atoms with van der Waals surface area (Å²) in [5.41, 5.74) is 2.09. The number of benzene rings is 2. The standard InChI is InChI=1S/C14H14BrFN2O2S/c1-9-13(3-2-4-14(9)21(17,19)20)18-8-10-5-6-12(16)11(15)7-10/h2-7,18H,8H2,1H3,(H2,17,19,20). The first-order valence-corrected chi connectivity index (χ1v) is 8.43. The summed E-state index contributed by atoms with van der Waals surface area (Å²) >= 11 is 3.13. The number of hydrogen-bond acceptors (Lipinski definition) is 3. The van der Waals surface area contributed by atoms with Gasteiger partial charge in [0.1, 0.15) is 5.82 Å². The first-order chi connectivity index (χ1) is 9.79. The van der Waals surface area contributed by atoms with Crippen LogP contribution < -0.4 is 10.5 Å². The molecule has 0 fully saturated rings. The molecule has 2 rings (SSSR count).